The first kappa shape index (κ1) is 25.2. The van der Waals surface area contributed by atoms with Crippen LogP contribution in [0.1, 0.15) is 50.4 Å². The Morgan fingerprint density at radius 3 is 2.45 bits per heavy atom. The van der Waals surface area contributed by atoms with Crippen molar-refractivity contribution in [2.75, 3.05) is 44.4 Å². The van der Waals surface area contributed by atoms with Crippen molar-refractivity contribution in [1.82, 2.24) is 10.6 Å². The van der Waals surface area contributed by atoms with Crippen molar-refractivity contribution in [3.05, 3.63) is 29.8 Å². The van der Waals surface area contributed by atoms with Crippen molar-refractivity contribution in [2.45, 2.75) is 52.1 Å². The summed E-state index contributed by atoms with van der Waals surface area (Å²) in [5.74, 6) is -0.567. The van der Waals surface area contributed by atoms with Gasteiger partial charge in [0, 0.05) is 30.3 Å². The third kappa shape index (κ3) is 7.01. The lowest BCUT2D eigenvalue weighted by Gasteiger charge is -2.32. The molecule has 8 heteroatoms. The van der Waals surface area contributed by atoms with Gasteiger partial charge in [0.2, 0.25) is 5.91 Å². The Labute approximate surface area is 196 Å². The molecule has 0 radical (unpaired) electrons. The number of rotatable bonds is 9. The van der Waals surface area contributed by atoms with E-state index >= 15 is 0 Å². The highest BCUT2D eigenvalue weighted by Crippen LogP contribution is 2.19. The molecule has 2 unspecified atom stereocenters. The molecular weight excluding hydrogens is 422 g/mol. The minimum Gasteiger partial charge on any atom is -0.378 e. The smallest absolute Gasteiger partial charge is 0.251 e. The second kappa shape index (κ2) is 12.1. The Kier molecular flexibility index (Phi) is 9.26. The zero-order valence-corrected chi connectivity index (χ0v) is 20.0. The second-order valence-corrected chi connectivity index (χ2v) is 9.32. The molecule has 0 bridgehead atoms. The summed E-state index contributed by atoms with van der Waals surface area (Å²) in [5, 5.41) is 5.80. The van der Waals surface area contributed by atoms with Gasteiger partial charge in [-0.1, -0.05) is 27.2 Å². The van der Waals surface area contributed by atoms with Gasteiger partial charge in [-0.2, -0.15) is 0 Å². The molecule has 1 aromatic carbocycles. The van der Waals surface area contributed by atoms with Gasteiger partial charge < -0.3 is 25.0 Å². The first-order valence-electron chi connectivity index (χ1n) is 12.0. The zero-order valence-electron chi connectivity index (χ0n) is 20.0. The molecule has 0 saturated carbocycles. The Hall–Kier alpha value is -2.45. The van der Waals surface area contributed by atoms with Gasteiger partial charge in [0.25, 0.3) is 5.91 Å². The van der Waals surface area contributed by atoms with E-state index in [0.29, 0.717) is 31.8 Å². The number of carbonyl (C=O) groups excluding carboxylic acids is 3. The van der Waals surface area contributed by atoms with E-state index in [9.17, 15) is 14.4 Å². The van der Waals surface area contributed by atoms with E-state index in [1.54, 1.807) is 12.1 Å². The highest BCUT2D eigenvalue weighted by Gasteiger charge is 2.35. The highest BCUT2D eigenvalue weighted by molar-refractivity contribution is 5.99. The van der Waals surface area contributed by atoms with Gasteiger partial charge >= 0.3 is 0 Å². The normalized spacial score (nSPS) is 22.2. The summed E-state index contributed by atoms with van der Waals surface area (Å²) >= 11 is 0. The molecule has 2 aliphatic rings. The average Bonchev–Trinajstić information content (AvgIpc) is 2.81. The molecule has 0 aromatic heterocycles. The van der Waals surface area contributed by atoms with Gasteiger partial charge in [-0.05, 0) is 43.0 Å². The van der Waals surface area contributed by atoms with Gasteiger partial charge in [0.1, 0.15) is 12.6 Å². The van der Waals surface area contributed by atoms with Crippen LogP contribution in [0.4, 0.5) is 5.69 Å². The van der Waals surface area contributed by atoms with E-state index < -0.39 is 12.1 Å². The number of nitrogens with one attached hydrogen (secondary N) is 2. The third-order valence-electron chi connectivity index (χ3n) is 6.19. The van der Waals surface area contributed by atoms with E-state index in [4.69, 9.17) is 9.47 Å². The quantitative estimate of drug-likeness (QED) is 0.588. The van der Waals surface area contributed by atoms with Gasteiger partial charge in [0.05, 0.1) is 25.9 Å². The Balaban J connectivity index is 1.65. The van der Waals surface area contributed by atoms with Crippen molar-refractivity contribution < 1.29 is 23.9 Å². The number of morpholine rings is 1. The number of carbonyl (C=O) groups is 3. The molecule has 1 aromatic rings. The number of nitrogens with zero attached hydrogens (tertiary/aromatic N) is 1. The lowest BCUT2D eigenvalue weighted by atomic mass is 9.90. The zero-order chi connectivity index (χ0) is 23.8. The Bertz CT molecular complexity index is 803. The number of ketones is 1. The summed E-state index contributed by atoms with van der Waals surface area (Å²) < 4.78 is 10.8. The first-order valence-corrected chi connectivity index (χ1v) is 12.0. The summed E-state index contributed by atoms with van der Waals surface area (Å²) in [4.78, 5) is 40.7. The van der Waals surface area contributed by atoms with Crippen molar-refractivity contribution in [1.29, 1.82) is 0 Å². The van der Waals surface area contributed by atoms with E-state index in [-0.39, 0.29) is 36.0 Å². The molecule has 33 heavy (non-hydrogen) atoms. The molecule has 2 fully saturated rings. The Morgan fingerprint density at radius 2 is 1.82 bits per heavy atom. The van der Waals surface area contributed by atoms with Crippen LogP contribution >= 0.6 is 0 Å². The van der Waals surface area contributed by atoms with Crippen molar-refractivity contribution in [3.8, 4) is 0 Å². The summed E-state index contributed by atoms with van der Waals surface area (Å²) in [6.07, 6.45) is 2.19. The van der Waals surface area contributed by atoms with Gasteiger partial charge in [-0.25, -0.2) is 0 Å². The molecule has 2 N–H and O–H groups in total. The number of Topliss-reactive ketones (excluding diaryl/α,β-unsaturated/α-hetero) is 1. The molecule has 2 amide bonds. The van der Waals surface area contributed by atoms with Crippen LogP contribution in [0, 0.1) is 11.8 Å². The molecule has 8 nitrogen and oxygen atoms in total. The van der Waals surface area contributed by atoms with Crippen LogP contribution in [-0.2, 0) is 19.1 Å². The minimum atomic E-state index is -0.714. The molecule has 3 atom stereocenters. The fourth-order valence-electron chi connectivity index (χ4n) is 4.42. The summed E-state index contributed by atoms with van der Waals surface area (Å²) in [6.45, 7) is 9.57. The van der Waals surface area contributed by atoms with Crippen LogP contribution in [0.5, 0.6) is 0 Å². The highest BCUT2D eigenvalue weighted by atomic mass is 16.5. The maximum absolute atomic E-state index is 13.1. The maximum atomic E-state index is 13.1. The standard InChI is InChI=1S/C25H37N3O5/c1-4-5-19-15-33-16-22(29)23(19)27-25(31)21(14-17(2)3)26-24(30)18-6-8-20(9-7-18)28-10-12-32-13-11-28/h6-9,17,19,21,23H,4-5,10-16H2,1-3H3,(H,26,30)(H,27,31)/t19?,21?,23-/m0/s1. The van der Waals surface area contributed by atoms with Crippen LogP contribution in [0.25, 0.3) is 0 Å². The van der Waals surface area contributed by atoms with E-state index in [2.05, 4.69) is 15.5 Å². The molecule has 182 valence electrons. The van der Waals surface area contributed by atoms with Crippen LogP contribution in [0.2, 0.25) is 0 Å². The molecule has 0 aliphatic carbocycles. The van der Waals surface area contributed by atoms with E-state index in [0.717, 1.165) is 31.6 Å². The van der Waals surface area contributed by atoms with Crippen molar-refractivity contribution >= 4 is 23.3 Å². The maximum Gasteiger partial charge on any atom is 0.251 e. The number of anilines is 1. The molecule has 3 rings (SSSR count). The third-order valence-corrected chi connectivity index (χ3v) is 6.19. The predicted octanol–water partition coefficient (Wildman–Crippen LogP) is 2.17. The van der Waals surface area contributed by atoms with Gasteiger partial charge in [0.15, 0.2) is 5.78 Å². The lowest BCUT2D eigenvalue weighted by molar-refractivity contribution is -0.138. The summed E-state index contributed by atoms with van der Waals surface area (Å²) in [6, 6.07) is 6.13. The van der Waals surface area contributed by atoms with Crippen molar-refractivity contribution in [2.24, 2.45) is 11.8 Å². The molecule has 2 aliphatic heterocycles. The van der Waals surface area contributed by atoms with Gasteiger partial charge in [-0.15, -0.1) is 0 Å². The Morgan fingerprint density at radius 1 is 1.12 bits per heavy atom. The number of hydrogen-bond donors (Lipinski definition) is 2. The van der Waals surface area contributed by atoms with Crippen LogP contribution in [0.3, 0.4) is 0 Å². The van der Waals surface area contributed by atoms with Crippen LogP contribution in [-0.4, -0.2) is 69.2 Å². The van der Waals surface area contributed by atoms with Gasteiger partial charge in [-0.3, -0.25) is 14.4 Å². The molecular formula is C25H37N3O5. The van der Waals surface area contributed by atoms with E-state index in [1.807, 2.05) is 32.9 Å². The largest absolute Gasteiger partial charge is 0.378 e. The average molecular weight is 460 g/mol. The first-order chi connectivity index (χ1) is 15.9. The lowest BCUT2D eigenvalue weighted by Crippen LogP contribution is -2.57. The number of benzene rings is 1. The molecule has 2 heterocycles. The fourth-order valence-corrected chi connectivity index (χ4v) is 4.42. The monoisotopic (exact) mass is 459 g/mol. The summed E-state index contributed by atoms with van der Waals surface area (Å²) in [5.41, 5.74) is 1.55. The molecule has 2 saturated heterocycles. The number of ether oxygens (including phenoxy) is 2. The summed E-state index contributed by atoms with van der Waals surface area (Å²) in [7, 11) is 0. The van der Waals surface area contributed by atoms with Crippen LogP contribution in [0.15, 0.2) is 24.3 Å². The second-order valence-electron chi connectivity index (χ2n) is 9.32. The fraction of sp³-hybridized carbons (Fsp3) is 0.640. The number of amides is 2. The number of hydrogen-bond acceptors (Lipinski definition) is 6. The minimum absolute atomic E-state index is 0.0157. The van der Waals surface area contributed by atoms with Crippen molar-refractivity contribution in [3.63, 3.8) is 0 Å². The van der Waals surface area contributed by atoms with Crippen LogP contribution < -0.4 is 15.5 Å². The molecule has 0 spiro atoms. The topological polar surface area (TPSA) is 97.0 Å². The van der Waals surface area contributed by atoms with E-state index in [1.165, 1.54) is 0 Å². The SMILES string of the molecule is CCCC1COCC(=O)[C@H]1NC(=O)C(CC(C)C)NC(=O)c1ccc(N2CCOCC2)cc1. The predicted molar refractivity (Wildman–Crippen MR) is 126 cm³/mol.